The Balaban J connectivity index is 2.07. The first-order valence-electron chi connectivity index (χ1n) is 6.38. The lowest BCUT2D eigenvalue weighted by molar-refractivity contribution is 0.0674. The minimum Gasteiger partial charge on any atom is -0.497 e. The Labute approximate surface area is 108 Å². The molecule has 0 radical (unpaired) electrons. The third-order valence-electron chi connectivity index (χ3n) is 3.16. The summed E-state index contributed by atoms with van der Waals surface area (Å²) >= 11 is 0. The summed E-state index contributed by atoms with van der Waals surface area (Å²) in [4.78, 5) is 0. The highest BCUT2D eigenvalue weighted by Gasteiger charge is 2.17. The van der Waals surface area contributed by atoms with Crippen LogP contribution in [-0.4, -0.2) is 26.4 Å². The van der Waals surface area contributed by atoms with Crippen LogP contribution in [0.3, 0.4) is 0 Å². The SMILES string of the molecule is COc1ccc([C@@H](C)N)c(OCC2CCCO2)c1. The lowest BCUT2D eigenvalue weighted by Crippen LogP contribution is -2.18. The Bertz CT molecular complexity index is 387. The van der Waals surface area contributed by atoms with Crippen molar-refractivity contribution in [2.45, 2.75) is 31.9 Å². The zero-order chi connectivity index (χ0) is 13.0. The van der Waals surface area contributed by atoms with Gasteiger partial charge >= 0.3 is 0 Å². The van der Waals surface area contributed by atoms with E-state index in [0.29, 0.717) is 6.61 Å². The van der Waals surface area contributed by atoms with Crippen molar-refractivity contribution in [1.29, 1.82) is 0 Å². The van der Waals surface area contributed by atoms with E-state index in [9.17, 15) is 0 Å². The molecule has 1 unspecified atom stereocenters. The molecule has 1 fully saturated rings. The monoisotopic (exact) mass is 251 g/mol. The maximum absolute atomic E-state index is 5.94. The standard InChI is InChI=1S/C14H21NO3/c1-10(15)13-6-5-11(16-2)8-14(13)18-9-12-4-3-7-17-12/h5-6,8,10,12H,3-4,7,9,15H2,1-2H3/t10-,12?/m1/s1. The van der Waals surface area contributed by atoms with Gasteiger partial charge in [-0.3, -0.25) is 0 Å². The summed E-state index contributed by atoms with van der Waals surface area (Å²) in [6.07, 6.45) is 2.39. The topological polar surface area (TPSA) is 53.7 Å². The van der Waals surface area contributed by atoms with Crippen molar-refractivity contribution in [1.82, 2.24) is 0 Å². The van der Waals surface area contributed by atoms with Crippen molar-refractivity contribution >= 4 is 0 Å². The maximum atomic E-state index is 5.94. The highest BCUT2D eigenvalue weighted by Crippen LogP contribution is 2.29. The predicted molar refractivity (Wildman–Crippen MR) is 70.1 cm³/mol. The third kappa shape index (κ3) is 3.15. The van der Waals surface area contributed by atoms with Crippen molar-refractivity contribution < 1.29 is 14.2 Å². The molecule has 1 saturated heterocycles. The molecule has 1 heterocycles. The Hall–Kier alpha value is -1.26. The number of rotatable bonds is 5. The van der Waals surface area contributed by atoms with E-state index in [1.165, 1.54) is 0 Å². The first-order chi connectivity index (χ1) is 8.70. The summed E-state index contributed by atoms with van der Waals surface area (Å²) in [5.74, 6) is 1.57. The van der Waals surface area contributed by atoms with Crippen LogP contribution < -0.4 is 15.2 Å². The molecule has 2 N–H and O–H groups in total. The second-order valence-electron chi connectivity index (χ2n) is 4.64. The van der Waals surface area contributed by atoms with Crippen LogP contribution in [0, 0.1) is 0 Å². The van der Waals surface area contributed by atoms with Crippen LogP contribution in [0.25, 0.3) is 0 Å². The van der Waals surface area contributed by atoms with Gasteiger partial charge in [0.25, 0.3) is 0 Å². The molecule has 1 aromatic rings. The summed E-state index contributed by atoms with van der Waals surface area (Å²) in [5.41, 5.74) is 6.93. The van der Waals surface area contributed by atoms with Gasteiger partial charge in [-0.25, -0.2) is 0 Å². The Kier molecular flexibility index (Phi) is 4.44. The molecule has 1 aromatic carbocycles. The lowest BCUT2D eigenvalue weighted by atomic mass is 10.1. The van der Waals surface area contributed by atoms with Crippen molar-refractivity contribution in [2.24, 2.45) is 5.73 Å². The van der Waals surface area contributed by atoms with Gasteiger partial charge in [0.15, 0.2) is 0 Å². The normalized spacial score (nSPS) is 20.7. The Morgan fingerprint density at radius 3 is 2.94 bits per heavy atom. The average molecular weight is 251 g/mol. The molecule has 0 aliphatic carbocycles. The second-order valence-corrected chi connectivity index (χ2v) is 4.64. The summed E-state index contributed by atoms with van der Waals surface area (Å²) in [6, 6.07) is 5.68. The fourth-order valence-corrected chi connectivity index (χ4v) is 2.10. The van der Waals surface area contributed by atoms with Gasteiger partial charge in [0.05, 0.1) is 13.2 Å². The smallest absolute Gasteiger partial charge is 0.127 e. The van der Waals surface area contributed by atoms with Gasteiger partial charge in [0.1, 0.15) is 18.1 Å². The van der Waals surface area contributed by atoms with Crippen LogP contribution in [0.15, 0.2) is 18.2 Å². The molecule has 18 heavy (non-hydrogen) atoms. The summed E-state index contributed by atoms with van der Waals surface area (Å²) < 4.78 is 16.6. The first kappa shape index (κ1) is 13.2. The van der Waals surface area contributed by atoms with Crippen LogP contribution in [0.4, 0.5) is 0 Å². The quantitative estimate of drug-likeness (QED) is 0.872. The first-order valence-corrected chi connectivity index (χ1v) is 6.38. The van der Waals surface area contributed by atoms with Gasteiger partial charge in [-0.2, -0.15) is 0 Å². The molecule has 0 amide bonds. The van der Waals surface area contributed by atoms with Gasteiger partial charge in [-0.15, -0.1) is 0 Å². The second kappa shape index (κ2) is 6.07. The molecule has 1 aliphatic rings. The molecule has 2 atom stereocenters. The van der Waals surface area contributed by atoms with Crippen molar-refractivity contribution in [3.63, 3.8) is 0 Å². The fraction of sp³-hybridized carbons (Fsp3) is 0.571. The fourth-order valence-electron chi connectivity index (χ4n) is 2.10. The molecule has 4 heteroatoms. The minimum atomic E-state index is -0.0598. The average Bonchev–Trinajstić information content (AvgIpc) is 2.88. The van der Waals surface area contributed by atoms with Gasteiger partial charge in [0.2, 0.25) is 0 Å². The van der Waals surface area contributed by atoms with Crippen LogP contribution >= 0.6 is 0 Å². The van der Waals surface area contributed by atoms with Gasteiger partial charge in [-0.05, 0) is 25.8 Å². The van der Waals surface area contributed by atoms with E-state index in [-0.39, 0.29) is 12.1 Å². The van der Waals surface area contributed by atoms with Crippen molar-refractivity contribution in [3.05, 3.63) is 23.8 Å². The number of benzene rings is 1. The minimum absolute atomic E-state index is 0.0598. The van der Waals surface area contributed by atoms with Gasteiger partial charge in [-0.1, -0.05) is 6.07 Å². The van der Waals surface area contributed by atoms with E-state index >= 15 is 0 Å². The molecule has 100 valence electrons. The van der Waals surface area contributed by atoms with E-state index in [1.54, 1.807) is 7.11 Å². The lowest BCUT2D eigenvalue weighted by Gasteiger charge is -2.17. The van der Waals surface area contributed by atoms with Crippen molar-refractivity contribution in [3.8, 4) is 11.5 Å². The zero-order valence-electron chi connectivity index (χ0n) is 11.0. The highest BCUT2D eigenvalue weighted by molar-refractivity contribution is 5.42. The van der Waals surface area contributed by atoms with E-state index < -0.39 is 0 Å². The molecular formula is C14H21NO3. The number of ether oxygens (including phenoxy) is 3. The van der Waals surface area contributed by atoms with E-state index in [0.717, 1.165) is 36.5 Å². The molecule has 0 saturated carbocycles. The summed E-state index contributed by atoms with van der Waals surface area (Å²) in [6.45, 7) is 3.36. The molecule has 4 nitrogen and oxygen atoms in total. The molecule has 0 aromatic heterocycles. The van der Waals surface area contributed by atoms with E-state index in [1.807, 2.05) is 25.1 Å². The van der Waals surface area contributed by atoms with E-state index in [2.05, 4.69) is 0 Å². The Morgan fingerprint density at radius 2 is 2.33 bits per heavy atom. The molecule has 0 bridgehead atoms. The van der Waals surface area contributed by atoms with Gasteiger partial charge in [0, 0.05) is 24.3 Å². The van der Waals surface area contributed by atoms with E-state index in [4.69, 9.17) is 19.9 Å². The van der Waals surface area contributed by atoms with Crippen LogP contribution in [0.1, 0.15) is 31.4 Å². The Morgan fingerprint density at radius 1 is 1.50 bits per heavy atom. The number of nitrogens with two attached hydrogens (primary N) is 1. The molecule has 2 rings (SSSR count). The van der Waals surface area contributed by atoms with Gasteiger partial charge < -0.3 is 19.9 Å². The van der Waals surface area contributed by atoms with Crippen LogP contribution in [-0.2, 0) is 4.74 Å². The summed E-state index contributed by atoms with van der Waals surface area (Å²) in [5, 5.41) is 0. The number of hydrogen-bond donors (Lipinski definition) is 1. The number of methoxy groups -OCH3 is 1. The predicted octanol–water partition coefficient (Wildman–Crippen LogP) is 2.27. The highest BCUT2D eigenvalue weighted by atomic mass is 16.5. The van der Waals surface area contributed by atoms with Crippen molar-refractivity contribution in [2.75, 3.05) is 20.3 Å². The summed E-state index contributed by atoms with van der Waals surface area (Å²) in [7, 11) is 1.64. The number of hydrogen-bond acceptors (Lipinski definition) is 4. The maximum Gasteiger partial charge on any atom is 0.127 e. The molecule has 1 aliphatic heterocycles. The third-order valence-corrected chi connectivity index (χ3v) is 3.16. The molecule has 0 spiro atoms. The van der Waals surface area contributed by atoms with Crippen LogP contribution in [0.5, 0.6) is 11.5 Å². The largest absolute Gasteiger partial charge is 0.497 e. The zero-order valence-corrected chi connectivity index (χ0v) is 11.0. The van der Waals surface area contributed by atoms with Crippen LogP contribution in [0.2, 0.25) is 0 Å². The molecular weight excluding hydrogens is 230 g/mol.